The van der Waals surface area contributed by atoms with Crippen molar-refractivity contribution in [1.29, 1.82) is 0 Å². The molecule has 12 nitrogen and oxygen atoms in total. The summed E-state index contributed by atoms with van der Waals surface area (Å²) in [6, 6.07) is 9.24. The minimum absolute atomic E-state index is 0.105. The quantitative estimate of drug-likeness (QED) is 0.228. The second kappa shape index (κ2) is 15.3. The Bertz CT molecular complexity index is 1340. The number of halogens is 4. The molecule has 0 saturated carbocycles. The fraction of sp³-hybridized carbons (Fsp3) is 0.400. The number of nitrogens with zero attached hydrogens (tertiary/aromatic N) is 2. The molecule has 1 aliphatic heterocycles. The number of carboxylic acids is 1. The highest BCUT2D eigenvalue weighted by Crippen LogP contribution is 2.30. The maximum atomic E-state index is 13.3. The molecule has 42 heavy (non-hydrogen) atoms. The number of nitrogens with one attached hydrogen (secondary N) is 3. The van der Waals surface area contributed by atoms with Crippen LogP contribution in [0.25, 0.3) is 0 Å². The van der Waals surface area contributed by atoms with Crippen molar-refractivity contribution in [2.24, 2.45) is 0 Å². The summed E-state index contributed by atoms with van der Waals surface area (Å²) in [5.41, 5.74) is 1.06. The van der Waals surface area contributed by atoms with Gasteiger partial charge in [-0.05, 0) is 42.5 Å². The van der Waals surface area contributed by atoms with Crippen molar-refractivity contribution in [3.05, 3.63) is 53.8 Å². The lowest BCUT2D eigenvalue weighted by atomic mass is 10.1. The zero-order valence-corrected chi connectivity index (χ0v) is 23.5. The molecule has 0 bridgehead atoms. The summed E-state index contributed by atoms with van der Waals surface area (Å²) in [6.45, 7) is 3.27. The van der Waals surface area contributed by atoms with E-state index >= 15 is 0 Å². The van der Waals surface area contributed by atoms with Gasteiger partial charge in [0.2, 0.25) is 5.91 Å². The number of carboxylic acid groups (broad SMARTS) is 1. The van der Waals surface area contributed by atoms with E-state index < -0.39 is 33.9 Å². The number of amides is 2. The van der Waals surface area contributed by atoms with Crippen LogP contribution in [0.1, 0.15) is 10.4 Å². The number of anilines is 2. The van der Waals surface area contributed by atoms with Crippen molar-refractivity contribution >= 4 is 39.2 Å². The number of sulfonamides is 1. The van der Waals surface area contributed by atoms with Gasteiger partial charge in [0.15, 0.2) is 0 Å². The van der Waals surface area contributed by atoms with Crippen LogP contribution in [0, 0.1) is 5.82 Å². The van der Waals surface area contributed by atoms with Crippen LogP contribution in [0.2, 0.25) is 0 Å². The molecule has 0 aromatic heterocycles. The molecule has 0 unspecified atom stereocenters. The molecule has 0 spiro atoms. The number of carbonyl (C=O) groups is 3. The Kier molecular flexibility index (Phi) is 12.5. The highest BCUT2D eigenvalue weighted by atomic mass is 32.2. The minimum atomic E-state index is -5.08. The number of aliphatic carboxylic acids is 1. The summed E-state index contributed by atoms with van der Waals surface area (Å²) in [5, 5.41) is 13.0. The normalized spacial score (nSPS) is 13.4. The molecule has 17 heteroatoms. The lowest BCUT2D eigenvalue weighted by molar-refractivity contribution is -0.192. The molecule has 1 saturated heterocycles. The minimum Gasteiger partial charge on any atom is -0.475 e. The first-order valence-electron chi connectivity index (χ1n) is 12.3. The lowest BCUT2D eigenvalue weighted by Gasteiger charge is -2.31. The van der Waals surface area contributed by atoms with E-state index in [0.717, 1.165) is 25.2 Å². The highest BCUT2D eigenvalue weighted by molar-refractivity contribution is 7.92. The average molecular weight is 622 g/mol. The van der Waals surface area contributed by atoms with E-state index in [4.69, 9.17) is 14.6 Å². The van der Waals surface area contributed by atoms with Gasteiger partial charge in [0.25, 0.3) is 15.9 Å². The molecule has 3 rings (SSSR count). The van der Waals surface area contributed by atoms with E-state index in [1.165, 1.54) is 37.3 Å². The summed E-state index contributed by atoms with van der Waals surface area (Å²) in [6.07, 6.45) is -5.08. The molecule has 4 N–H and O–H groups in total. The monoisotopic (exact) mass is 621 g/mol. The van der Waals surface area contributed by atoms with E-state index in [0.29, 0.717) is 31.9 Å². The Morgan fingerprint density at radius 1 is 1.10 bits per heavy atom. The van der Waals surface area contributed by atoms with E-state index in [2.05, 4.69) is 15.4 Å². The molecular weight excluding hydrogens is 590 g/mol. The second-order valence-electron chi connectivity index (χ2n) is 8.84. The smallest absolute Gasteiger partial charge is 0.475 e. The summed E-state index contributed by atoms with van der Waals surface area (Å²) >= 11 is 0. The Hall–Kier alpha value is -3.96. The molecule has 1 fully saturated rings. The van der Waals surface area contributed by atoms with Crippen LogP contribution in [-0.4, -0.2) is 102 Å². The summed E-state index contributed by atoms with van der Waals surface area (Å²) in [5.74, 6) is -4.09. The standard InChI is InChI=1S/C23H30FN5O5S.C2HF3O2/c1-28(16-22(30)26-11-14-34-2)23(31)17-3-8-21(29-12-9-25-10-13-29)20(15-17)27-35(32,33)19-6-4-18(24)5-7-19;3-2(4,5)1(6)7/h3-8,15,25,27H,9-14,16H2,1-2H3,(H,26,30);(H,6,7). The van der Waals surface area contributed by atoms with Gasteiger partial charge in [0.1, 0.15) is 5.82 Å². The molecule has 1 heterocycles. The Morgan fingerprint density at radius 2 is 1.69 bits per heavy atom. The summed E-state index contributed by atoms with van der Waals surface area (Å²) < 4.78 is 78.5. The van der Waals surface area contributed by atoms with Gasteiger partial charge >= 0.3 is 12.1 Å². The number of hydrogen-bond acceptors (Lipinski definition) is 8. The van der Waals surface area contributed by atoms with E-state index in [-0.39, 0.29) is 28.6 Å². The maximum Gasteiger partial charge on any atom is 0.490 e. The maximum absolute atomic E-state index is 13.3. The highest BCUT2D eigenvalue weighted by Gasteiger charge is 2.38. The number of methoxy groups -OCH3 is 1. The number of carbonyl (C=O) groups excluding carboxylic acids is 2. The van der Waals surface area contributed by atoms with Gasteiger partial charge in [-0.3, -0.25) is 14.3 Å². The number of likely N-dealkylation sites (N-methyl/N-ethyl adjacent to an activating group) is 1. The first-order valence-corrected chi connectivity index (χ1v) is 13.8. The third kappa shape index (κ3) is 10.5. The van der Waals surface area contributed by atoms with Crippen LogP contribution in [0.4, 0.5) is 28.9 Å². The van der Waals surface area contributed by atoms with Gasteiger partial charge in [-0.15, -0.1) is 0 Å². The van der Waals surface area contributed by atoms with Crippen molar-refractivity contribution in [3.8, 4) is 0 Å². The topological polar surface area (TPSA) is 157 Å². The van der Waals surface area contributed by atoms with Crippen LogP contribution in [0.3, 0.4) is 0 Å². The zero-order chi connectivity index (χ0) is 31.5. The number of alkyl halides is 3. The number of rotatable bonds is 10. The fourth-order valence-corrected chi connectivity index (χ4v) is 4.67. The second-order valence-corrected chi connectivity index (χ2v) is 10.5. The van der Waals surface area contributed by atoms with Crippen LogP contribution in [-0.2, 0) is 24.3 Å². The van der Waals surface area contributed by atoms with Crippen molar-refractivity contribution < 1.29 is 50.2 Å². The molecule has 2 aromatic carbocycles. The number of piperazine rings is 1. The molecule has 2 aromatic rings. The Balaban J connectivity index is 0.000000782. The predicted molar refractivity (Wildman–Crippen MR) is 144 cm³/mol. The van der Waals surface area contributed by atoms with E-state index in [1.807, 2.05) is 4.90 Å². The van der Waals surface area contributed by atoms with Crippen molar-refractivity contribution in [2.75, 3.05) is 69.7 Å². The largest absolute Gasteiger partial charge is 0.490 e. The first kappa shape index (κ1) is 34.2. The molecule has 232 valence electrons. The predicted octanol–water partition coefficient (Wildman–Crippen LogP) is 1.50. The molecular formula is C25H31F4N5O7S. The van der Waals surface area contributed by atoms with Crippen molar-refractivity contribution in [1.82, 2.24) is 15.5 Å². The van der Waals surface area contributed by atoms with Gasteiger partial charge in [-0.1, -0.05) is 0 Å². The molecule has 0 radical (unpaired) electrons. The first-order chi connectivity index (χ1) is 19.7. The van der Waals surface area contributed by atoms with Gasteiger partial charge in [-0.2, -0.15) is 13.2 Å². The van der Waals surface area contributed by atoms with E-state index in [9.17, 15) is 35.6 Å². The number of hydrogen-bond donors (Lipinski definition) is 4. The molecule has 0 aliphatic carbocycles. The number of ether oxygens (including phenoxy) is 1. The fourth-order valence-electron chi connectivity index (χ4n) is 3.61. The van der Waals surface area contributed by atoms with Gasteiger partial charge < -0.3 is 30.3 Å². The average Bonchev–Trinajstić information content (AvgIpc) is 2.93. The third-order valence-corrected chi connectivity index (χ3v) is 7.05. The summed E-state index contributed by atoms with van der Waals surface area (Å²) in [4.78, 5) is 37.1. The Morgan fingerprint density at radius 3 is 2.24 bits per heavy atom. The van der Waals surface area contributed by atoms with Crippen molar-refractivity contribution in [2.45, 2.75) is 11.1 Å². The summed E-state index contributed by atoms with van der Waals surface area (Å²) in [7, 11) is -1.03. The van der Waals surface area contributed by atoms with Crippen LogP contribution in [0.15, 0.2) is 47.4 Å². The molecule has 2 amide bonds. The third-order valence-electron chi connectivity index (χ3n) is 5.67. The van der Waals surface area contributed by atoms with Crippen molar-refractivity contribution in [3.63, 3.8) is 0 Å². The Labute approximate surface area is 239 Å². The number of benzene rings is 2. The van der Waals surface area contributed by atoms with Crippen LogP contribution >= 0.6 is 0 Å². The lowest BCUT2D eigenvalue weighted by Crippen LogP contribution is -2.44. The molecule has 0 atom stereocenters. The van der Waals surface area contributed by atoms with Gasteiger partial charge in [-0.25, -0.2) is 17.6 Å². The van der Waals surface area contributed by atoms with E-state index in [1.54, 1.807) is 12.1 Å². The van der Waals surface area contributed by atoms with Crippen LogP contribution < -0.4 is 20.3 Å². The SMILES string of the molecule is COCCNC(=O)CN(C)C(=O)c1ccc(N2CCNCC2)c(NS(=O)(=O)c2ccc(F)cc2)c1.O=C(O)C(F)(F)F. The van der Waals surface area contributed by atoms with Gasteiger partial charge in [0, 0.05) is 52.4 Å². The van der Waals surface area contributed by atoms with Crippen LogP contribution in [0.5, 0.6) is 0 Å². The molecule has 1 aliphatic rings. The zero-order valence-electron chi connectivity index (χ0n) is 22.7. The van der Waals surface area contributed by atoms with Gasteiger partial charge in [0.05, 0.1) is 29.4 Å².